The largest absolute Gasteiger partial charge is 0.494 e. The fraction of sp³-hybridized carbons (Fsp3) is 0.500. The van der Waals surface area contributed by atoms with E-state index in [0.29, 0.717) is 25.0 Å². The molecule has 0 atom stereocenters. The van der Waals surface area contributed by atoms with Crippen molar-refractivity contribution in [1.29, 1.82) is 0 Å². The van der Waals surface area contributed by atoms with Crippen LogP contribution >= 0.6 is 0 Å². The van der Waals surface area contributed by atoms with Crippen LogP contribution in [0.25, 0.3) is 0 Å². The first-order valence-electron chi connectivity index (χ1n) is 7.36. The summed E-state index contributed by atoms with van der Waals surface area (Å²) >= 11 is 0. The maximum absolute atomic E-state index is 12.1. The van der Waals surface area contributed by atoms with Gasteiger partial charge in [-0.1, -0.05) is 13.3 Å². The summed E-state index contributed by atoms with van der Waals surface area (Å²) in [4.78, 5) is 23.4. The number of carbonyl (C=O) groups excluding carboxylic acids is 1. The van der Waals surface area contributed by atoms with Crippen LogP contribution in [0.5, 0.6) is 5.75 Å². The van der Waals surface area contributed by atoms with Gasteiger partial charge in [0.25, 0.3) is 5.91 Å². The zero-order valence-corrected chi connectivity index (χ0v) is 12.2. The summed E-state index contributed by atoms with van der Waals surface area (Å²) in [7, 11) is 0. The third-order valence-electron chi connectivity index (χ3n) is 3.85. The molecule has 1 aromatic carbocycles. The number of aliphatic carboxylic acids is 1. The van der Waals surface area contributed by atoms with Gasteiger partial charge in [0.2, 0.25) is 0 Å². The Balaban J connectivity index is 1.95. The molecule has 5 heteroatoms. The summed E-state index contributed by atoms with van der Waals surface area (Å²) in [6.07, 6.45) is 3.87. The molecule has 0 heterocycles. The molecule has 1 amide bonds. The van der Waals surface area contributed by atoms with Gasteiger partial charge in [-0.3, -0.25) is 4.79 Å². The van der Waals surface area contributed by atoms with E-state index in [1.165, 1.54) is 0 Å². The van der Waals surface area contributed by atoms with E-state index in [-0.39, 0.29) is 5.91 Å². The number of hydrogen-bond acceptors (Lipinski definition) is 3. The summed E-state index contributed by atoms with van der Waals surface area (Å²) in [5.74, 6) is -0.588. The molecule has 1 aromatic rings. The van der Waals surface area contributed by atoms with Crippen molar-refractivity contribution in [1.82, 2.24) is 5.32 Å². The second-order valence-corrected chi connectivity index (χ2v) is 5.42. The van der Waals surface area contributed by atoms with Gasteiger partial charge in [-0.15, -0.1) is 0 Å². The lowest BCUT2D eigenvalue weighted by Gasteiger charge is -2.38. The van der Waals surface area contributed by atoms with Crippen LogP contribution in [0.3, 0.4) is 0 Å². The monoisotopic (exact) mass is 291 g/mol. The summed E-state index contributed by atoms with van der Waals surface area (Å²) in [5, 5.41) is 11.8. The number of hydrogen-bond donors (Lipinski definition) is 2. The highest BCUT2D eigenvalue weighted by Crippen LogP contribution is 2.32. The number of ether oxygens (including phenoxy) is 1. The van der Waals surface area contributed by atoms with Gasteiger partial charge in [0.15, 0.2) is 0 Å². The number of benzene rings is 1. The van der Waals surface area contributed by atoms with Gasteiger partial charge in [-0.05, 0) is 49.9 Å². The molecule has 114 valence electrons. The second-order valence-electron chi connectivity index (χ2n) is 5.42. The van der Waals surface area contributed by atoms with Crippen molar-refractivity contribution in [3.05, 3.63) is 29.8 Å². The van der Waals surface area contributed by atoms with E-state index in [9.17, 15) is 14.7 Å². The van der Waals surface area contributed by atoms with Gasteiger partial charge in [-0.2, -0.15) is 0 Å². The van der Waals surface area contributed by atoms with Crippen LogP contribution in [0.2, 0.25) is 0 Å². The fourth-order valence-corrected chi connectivity index (χ4v) is 2.25. The Kier molecular flexibility index (Phi) is 4.83. The zero-order valence-electron chi connectivity index (χ0n) is 12.2. The maximum Gasteiger partial charge on any atom is 0.329 e. The Morgan fingerprint density at radius 3 is 2.43 bits per heavy atom. The molecule has 2 rings (SSSR count). The minimum Gasteiger partial charge on any atom is -0.494 e. The van der Waals surface area contributed by atoms with Crippen LogP contribution in [0.4, 0.5) is 0 Å². The SMILES string of the molecule is CCCCOc1ccc(C(=O)NC2(C(=O)O)CCC2)cc1. The van der Waals surface area contributed by atoms with Crippen LogP contribution in [-0.4, -0.2) is 29.1 Å². The van der Waals surface area contributed by atoms with Crippen molar-refractivity contribution >= 4 is 11.9 Å². The topological polar surface area (TPSA) is 75.6 Å². The third-order valence-corrected chi connectivity index (χ3v) is 3.85. The molecule has 5 nitrogen and oxygen atoms in total. The average molecular weight is 291 g/mol. The van der Waals surface area contributed by atoms with Crippen molar-refractivity contribution < 1.29 is 19.4 Å². The van der Waals surface area contributed by atoms with Gasteiger partial charge in [0, 0.05) is 5.56 Å². The number of amides is 1. The Morgan fingerprint density at radius 2 is 1.95 bits per heavy atom. The minimum atomic E-state index is -1.08. The molecule has 1 aliphatic rings. The molecular formula is C16H21NO4. The molecular weight excluding hydrogens is 270 g/mol. The fourth-order valence-electron chi connectivity index (χ4n) is 2.25. The zero-order chi connectivity index (χ0) is 15.3. The first-order chi connectivity index (χ1) is 10.1. The molecule has 0 unspecified atom stereocenters. The van der Waals surface area contributed by atoms with Crippen LogP contribution in [0.1, 0.15) is 49.4 Å². The van der Waals surface area contributed by atoms with E-state index in [1.54, 1.807) is 24.3 Å². The lowest BCUT2D eigenvalue weighted by Crippen LogP contribution is -2.59. The van der Waals surface area contributed by atoms with Gasteiger partial charge < -0.3 is 15.2 Å². The summed E-state index contributed by atoms with van der Waals surface area (Å²) in [6.45, 7) is 2.75. The number of rotatable bonds is 7. The molecule has 0 saturated heterocycles. The van der Waals surface area contributed by atoms with Crippen LogP contribution in [0, 0.1) is 0 Å². The molecule has 0 bridgehead atoms. The van der Waals surface area contributed by atoms with E-state index in [1.807, 2.05) is 0 Å². The van der Waals surface area contributed by atoms with E-state index in [4.69, 9.17) is 4.74 Å². The van der Waals surface area contributed by atoms with E-state index in [0.717, 1.165) is 25.0 Å². The van der Waals surface area contributed by atoms with E-state index < -0.39 is 11.5 Å². The summed E-state index contributed by atoms with van der Waals surface area (Å²) in [5.41, 5.74) is -0.627. The second kappa shape index (κ2) is 6.61. The molecule has 1 aliphatic carbocycles. The first kappa shape index (κ1) is 15.4. The van der Waals surface area contributed by atoms with Crippen molar-refractivity contribution in [2.75, 3.05) is 6.61 Å². The number of unbranched alkanes of at least 4 members (excludes halogenated alkanes) is 1. The van der Waals surface area contributed by atoms with E-state index >= 15 is 0 Å². The van der Waals surface area contributed by atoms with Gasteiger partial charge >= 0.3 is 5.97 Å². The molecule has 0 aliphatic heterocycles. The predicted octanol–water partition coefficient (Wildman–Crippen LogP) is 2.60. The van der Waals surface area contributed by atoms with Crippen molar-refractivity contribution in [3.8, 4) is 5.75 Å². The van der Waals surface area contributed by atoms with Gasteiger partial charge in [-0.25, -0.2) is 4.79 Å². The van der Waals surface area contributed by atoms with Gasteiger partial charge in [0.05, 0.1) is 6.61 Å². The highest BCUT2D eigenvalue weighted by molar-refractivity contribution is 5.98. The van der Waals surface area contributed by atoms with Crippen LogP contribution < -0.4 is 10.1 Å². The molecule has 0 aromatic heterocycles. The number of carboxylic acids is 1. The summed E-state index contributed by atoms with van der Waals surface area (Å²) < 4.78 is 5.53. The lowest BCUT2D eigenvalue weighted by molar-refractivity contribution is -0.148. The van der Waals surface area contributed by atoms with Crippen LogP contribution in [-0.2, 0) is 4.79 Å². The number of carbonyl (C=O) groups is 2. The maximum atomic E-state index is 12.1. The molecule has 0 radical (unpaired) electrons. The molecule has 2 N–H and O–H groups in total. The molecule has 1 saturated carbocycles. The molecule has 21 heavy (non-hydrogen) atoms. The lowest BCUT2D eigenvalue weighted by atomic mass is 9.76. The average Bonchev–Trinajstić information content (AvgIpc) is 2.43. The highest BCUT2D eigenvalue weighted by atomic mass is 16.5. The van der Waals surface area contributed by atoms with Crippen molar-refractivity contribution in [3.63, 3.8) is 0 Å². The Morgan fingerprint density at radius 1 is 1.29 bits per heavy atom. The normalized spacial score (nSPS) is 15.9. The Labute approximate surface area is 124 Å². The Bertz CT molecular complexity index is 506. The number of nitrogens with one attached hydrogen (secondary N) is 1. The standard InChI is InChI=1S/C16H21NO4/c1-2-3-11-21-13-7-5-12(6-8-13)14(18)17-16(15(19)20)9-4-10-16/h5-8H,2-4,9-11H2,1H3,(H,17,18)(H,19,20). The highest BCUT2D eigenvalue weighted by Gasteiger charge is 2.45. The smallest absolute Gasteiger partial charge is 0.329 e. The van der Waals surface area contributed by atoms with Gasteiger partial charge in [0.1, 0.15) is 11.3 Å². The minimum absolute atomic E-state index is 0.350. The van der Waals surface area contributed by atoms with Crippen molar-refractivity contribution in [2.45, 2.75) is 44.6 Å². The Hall–Kier alpha value is -2.04. The quantitative estimate of drug-likeness (QED) is 0.757. The first-order valence-corrected chi connectivity index (χ1v) is 7.36. The van der Waals surface area contributed by atoms with Crippen LogP contribution in [0.15, 0.2) is 24.3 Å². The van der Waals surface area contributed by atoms with E-state index in [2.05, 4.69) is 12.2 Å². The number of carboxylic acid groups (broad SMARTS) is 1. The molecule has 1 fully saturated rings. The predicted molar refractivity (Wildman–Crippen MR) is 78.5 cm³/mol. The summed E-state index contributed by atoms with van der Waals surface area (Å²) in [6, 6.07) is 6.78. The van der Waals surface area contributed by atoms with Crippen molar-refractivity contribution in [2.24, 2.45) is 0 Å². The third kappa shape index (κ3) is 3.54. The molecule has 0 spiro atoms.